The first kappa shape index (κ1) is 16.1. The van der Waals surface area contributed by atoms with E-state index >= 15 is 0 Å². The fourth-order valence-electron chi connectivity index (χ4n) is 4.29. The monoisotopic (exact) mass is 349 g/mol. The molecule has 0 aliphatic rings. The molecule has 0 spiro atoms. The van der Waals surface area contributed by atoms with Crippen LogP contribution in [0.25, 0.3) is 38.3 Å². The predicted molar refractivity (Wildman–Crippen MR) is 117 cm³/mol. The van der Waals surface area contributed by atoms with E-state index in [-0.39, 0.29) is 5.41 Å². The van der Waals surface area contributed by atoms with E-state index in [1.807, 2.05) is 0 Å². The lowest BCUT2D eigenvalue weighted by Gasteiger charge is -2.22. The van der Waals surface area contributed by atoms with Crippen molar-refractivity contribution in [3.8, 4) is 5.69 Å². The van der Waals surface area contributed by atoms with Crippen LogP contribution in [0.5, 0.6) is 0 Å². The zero-order valence-corrected chi connectivity index (χ0v) is 16.0. The molecule has 4 aromatic carbocycles. The molecule has 0 saturated carbocycles. The number of rotatable bonds is 1. The minimum atomic E-state index is 0.0870. The van der Waals surface area contributed by atoms with E-state index in [2.05, 4.69) is 110 Å². The van der Waals surface area contributed by atoms with Gasteiger partial charge in [-0.2, -0.15) is 0 Å². The summed E-state index contributed by atoms with van der Waals surface area (Å²) in [6.07, 6.45) is 0. The summed E-state index contributed by atoms with van der Waals surface area (Å²) in [6, 6.07) is 30.7. The zero-order valence-electron chi connectivity index (χ0n) is 16.0. The quantitative estimate of drug-likeness (QED) is 0.301. The summed E-state index contributed by atoms with van der Waals surface area (Å²) < 4.78 is 2.42. The molecule has 1 heterocycles. The molecule has 1 aromatic heterocycles. The number of para-hydroxylation sites is 2. The number of fused-ring (bicyclic) bond motifs is 5. The Morgan fingerprint density at radius 3 is 1.89 bits per heavy atom. The van der Waals surface area contributed by atoms with Crippen LogP contribution in [0.1, 0.15) is 26.3 Å². The van der Waals surface area contributed by atoms with Gasteiger partial charge in [0.1, 0.15) is 0 Å². The van der Waals surface area contributed by atoms with Crippen LogP contribution in [0.15, 0.2) is 84.9 Å². The van der Waals surface area contributed by atoms with E-state index in [9.17, 15) is 0 Å². The summed E-state index contributed by atoms with van der Waals surface area (Å²) in [4.78, 5) is 0. The molecule has 27 heavy (non-hydrogen) atoms. The third-order valence-corrected chi connectivity index (χ3v) is 5.50. The SMILES string of the molecule is CC(C)(C)c1cc2c3ccccc3n(-c3ccccc3)c2c2ccccc12. The highest BCUT2D eigenvalue weighted by Gasteiger charge is 2.22. The molecule has 5 aromatic rings. The van der Waals surface area contributed by atoms with Crippen LogP contribution >= 0.6 is 0 Å². The van der Waals surface area contributed by atoms with Gasteiger partial charge >= 0.3 is 0 Å². The van der Waals surface area contributed by atoms with Crippen LogP contribution in [-0.2, 0) is 5.41 Å². The van der Waals surface area contributed by atoms with Crippen LogP contribution in [0, 0.1) is 0 Å². The standard InChI is InChI=1S/C26H23N/c1-26(2,3)23-17-22-20-14-9-10-16-24(20)27(18-11-5-4-6-12-18)25(22)21-15-8-7-13-19(21)23/h4-17H,1-3H3. The first-order valence-electron chi connectivity index (χ1n) is 9.56. The first-order valence-corrected chi connectivity index (χ1v) is 9.56. The summed E-state index contributed by atoms with van der Waals surface area (Å²) >= 11 is 0. The Bertz CT molecular complexity index is 1280. The van der Waals surface area contributed by atoms with Gasteiger partial charge in [-0.15, -0.1) is 0 Å². The molecular weight excluding hydrogens is 326 g/mol. The summed E-state index contributed by atoms with van der Waals surface area (Å²) in [6.45, 7) is 6.91. The maximum Gasteiger partial charge on any atom is 0.0619 e. The van der Waals surface area contributed by atoms with Gasteiger partial charge in [0.05, 0.1) is 11.0 Å². The molecule has 132 valence electrons. The first-order chi connectivity index (χ1) is 13.1. The van der Waals surface area contributed by atoms with Crippen LogP contribution in [-0.4, -0.2) is 4.57 Å². The molecule has 0 radical (unpaired) electrons. The summed E-state index contributed by atoms with van der Waals surface area (Å²) in [5.41, 5.74) is 5.25. The Morgan fingerprint density at radius 1 is 0.593 bits per heavy atom. The predicted octanol–water partition coefficient (Wildman–Crippen LogP) is 7.23. The van der Waals surface area contributed by atoms with Gasteiger partial charge in [0.15, 0.2) is 0 Å². The van der Waals surface area contributed by atoms with E-state index in [0.717, 1.165) is 0 Å². The number of hydrogen-bond donors (Lipinski definition) is 0. The van der Waals surface area contributed by atoms with Crippen molar-refractivity contribution in [3.05, 3.63) is 90.5 Å². The molecule has 1 nitrogen and oxygen atoms in total. The van der Waals surface area contributed by atoms with Gasteiger partial charge in [0.25, 0.3) is 0 Å². The molecule has 0 aliphatic heterocycles. The zero-order chi connectivity index (χ0) is 18.6. The highest BCUT2D eigenvalue weighted by Crippen LogP contribution is 2.41. The van der Waals surface area contributed by atoms with E-state index in [0.29, 0.717) is 0 Å². The maximum atomic E-state index is 2.42. The third-order valence-electron chi connectivity index (χ3n) is 5.50. The van der Waals surface area contributed by atoms with Crippen LogP contribution in [0.2, 0.25) is 0 Å². The van der Waals surface area contributed by atoms with Gasteiger partial charge in [-0.1, -0.05) is 81.4 Å². The van der Waals surface area contributed by atoms with Crippen LogP contribution in [0.4, 0.5) is 0 Å². The fourth-order valence-corrected chi connectivity index (χ4v) is 4.29. The van der Waals surface area contributed by atoms with Crippen LogP contribution in [0.3, 0.4) is 0 Å². The second kappa shape index (κ2) is 5.72. The van der Waals surface area contributed by atoms with Crippen molar-refractivity contribution in [3.63, 3.8) is 0 Å². The molecule has 0 atom stereocenters. The summed E-state index contributed by atoms with van der Waals surface area (Å²) in [7, 11) is 0. The smallest absolute Gasteiger partial charge is 0.0619 e. The summed E-state index contributed by atoms with van der Waals surface area (Å²) in [5, 5.41) is 5.31. The Balaban J connectivity index is 2.09. The van der Waals surface area contributed by atoms with E-state index in [1.165, 1.54) is 43.8 Å². The molecule has 0 N–H and O–H groups in total. The lowest BCUT2D eigenvalue weighted by molar-refractivity contribution is 0.596. The third kappa shape index (κ3) is 2.39. The van der Waals surface area contributed by atoms with Gasteiger partial charge in [-0.25, -0.2) is 0 Å². The second-order valence-corrected chi connectivity index (χ2v) is 8.30. The van der Waals surface area contributed by atoms with Crippen molar-refractivity contribution in [1.82, 2.24) is 4.57 Å². The number of nitrogens with zero attached hydrogens (tertiary/aromatic N) is 1. The average molecular weight is 349 g/mol. The Hall–Kier alpha value is -3.06. The van der Waals surface area contributed by atoms with Gasteiger partial charge < -0.3 is 4.57 Å². The minimum absolute atomic E-state index is 0.0870. The fraction of sp³-hybridized carbons (Fsp3) is 0.154. The van der Waals surface area contributed by atoms with Crippen molar-refractivity contribution >= 4 is 32.6 Å². The lowest BCUT2D eigenvalue weighted by Crippen LogP contribution is -2.11. The normalized spacial score (nSPS) is 12.3. The number of aromatic nitrogens is 1. The molecule has 0 fully saturated rings. The van der Waals surface area contributed by atoms with E-state index < -0.39 is 0 Å². The second-order valence-electron chi connectivity index (χ2n) is 8.30. The molecule has 0 unspecified atom stereocenters. The van der Waals surface area contributed by atoms with Crippen molar-refractivity contribution in [2.24, 2.45) is 0 Å². The summed E-state index contributed by atoms with van der Waals surface area (Å²) in [5.74, 6) is 0. The Kier molecular flexibility index (Phi) is 3.42. The lowest BCUT2D eigenvalue weighted by atomic mass is 9.82. The average Bonchev–Trinajstić information content (AvgIpc) is 3.02. The minimum Gasteiger partial charge on any atom is -0.309 e. The molecule has 0 saturated heterocycles. The molecule has 0 aliphatic carbocycles. The number of hydrogen-bond acceptors (Lipinski definition) is 0. The van der Waals surface area contributed by atoms with Gasteiger partial charge in [0, 0.05) is 21.8 Å². The van der Waals surface area contributed by atoms with Crippen molar-refractivity contribution in [1.29, 1.82) is 0 Å². The van der Waals surface area contributed by atoms with Crippen molar-refractivity contribution in [2.45, 2.75) is 26.2 Å². The number of benzene rings is 4. The molecule has 5 rings (SSSR count). The van der Waals surface area contributed by atoms with E-state index in [4.69, 9.17) is 0 Å². The molecule has 0 amide bonds. The van der Waals surface area contributed by atoms with Crippen LogP contribution < -0.4 is 0 Å². The molecular formula is C26H23N. The molecule has 0 bridgehead atoms. The van der Waals surface area contributed by atoms with Crippen molar-refractivity contribution in [2.75, 3.05) is 0 Å². The van der Waals surface area contributed by atoms with Gasteiger partial charge in [-0.05, 0) is 40.6 Å². The topological polar surface area (TPSA) is 4.93 Å². The van der Waals surface area contributed by atoms with E-state index in [1.54, 1.807) is 0 Å². The van der Waals surface area contributed by atoms with Gasteiger partial charge in [-0.3, -0.25) is 0 Å². The highest BCUT2D eigenvalue weighted by atomic mass is 15.0. The Morgan fingerprint density at radius 2 is 1.19 bits per heavy atom. The van der Waals surface area contributed by atoms with Crippen molar-refractivity contribution < 1.29 is 0 Å². The molecule has 1 heteroatoms. The maximum absolute atomic E-state index is 2.42. The highest BCUT2D eigenvalue weighted by molar-refractivity contribution is 6.19. The largest absolute Gasteiger partial charge is 0.309 e. The Labute approximate surface area is 159 Å². The van der Waals surface area contributed by atoms with Gasteiger partial charge in [0.2, 0.25) is 0 Å².